The van der Waals surface area contributed by atoms with Gasteiger partial charge in [-0.1, -0.05) is 6.07 Å². The molecular weight excluding hydrogens is 226 g/mol. The number of carbonyl (C=O) groups is 1. The zero-order chi connectivity index (χ0) is 12.4. The van der Waals surface area contributed by atoms with Crippen LogP contribution in [0.4, 0.5) is 0 Å². The van der Waals surface area contributed by atoms with Crippen molar-refractivity contribution >= 4 is 5.91 Å². The Kier molecular flexibility index (Phi) is 3.04. The lowest BCUT2D eigenvalue weighted by Gasteiger charge is -2.39. The van der Waals surface area contributed by atoms with Gasteiger partial charge in [0.25, 0.3) is 0 Å². The number of likely N-dealkylation sites (tertiary alicyclic amines) is 1. The van der Waals surface area contributed by atoms with E-state index in [2.05, 4.69) is 10.3 Å². The summed E-state index contributed by atoms with van der Waals surface area (Å²) < 4.78 is 0. The van der Waals surface area contributed by atoms with E-state index in [4.69, 9.17) is 0 Å². The highest BCUT2D eigenvalue weighted by atomic mass is 16.2. The number of amides is 1. The van der Waals surface area contributed by atoms with Crippen molar-refractivity contribution in [2.45, 2.75) is 25.8 Å². The van der Waals surface area contributed by atoms with Gasteiger partial charge in [-0.3, -0.25) is 9.78 Å². The topological polar surface area (TPSA) is 45.2 Å². The number of nitrogens with zero attached hydrogens (tertiary/aromatic N) is 2. The first-order valence-corrected chi connectivity index (χ1v) is 6.69. The first kappa shape index (κ1) is 11.7. The first-order chi connectivity index (χ1) is 8.80. The van der Waals surface area contributed by atoms with Crippen LogP contribution in [0, 0.1) is 5.41 Å². The molecule has 1 N–H and O–H groups in total. The van der Waals surface area contributed by atoms with Crippen molar-refractivity contribution in [2.24, 2.45) is 5.41 Å². The Hall–Kier alpha value is -1.42. The Morgan fingerprint density at radius 3 is 3.11 bits per heavy atom. The molecule has 4 nitrogen and oxygen atoms in total. The molecule has 2 aliphatic rings. The second-order valence-electron chi connectivity index (χ2n) is 5.40. The van der Waals surface area contributed by atoms with Crippen LogP contribution in [0.1, 0.15) is 24.8 Å². The van der Waals surface area contributed by atoms with E-state index in [0.29, 0.717) is 12.5 Å². The van der Waals surface area contributed by atoms with E-state index < -0.39 is 0 Å². The highest BCUT2D eigenvalue weighted by Gasteiger charge is 2.45. The molecule has 1 aromatic heterocycles. The Labute approximate surface area is 107 Å². The number of hydrogen-bond acceptors (Lipinski definition) is 3. The van der Waals surface area contributed by atoms with Gasteiger partial charge in [0, 0.05) is 32.0 Å². The molecule has 0 bridgehead atoms. The summed E-state index contributed by atoms with van der Waals surface area (Å²) in [7, 11) is 0. The van der Waals surface area contributed by atoms with Gasteiger partial charge >= 0.3 is 0 Å². The Bertz CT molecular complexity index is 426. The number of aromatic nitrogens is 1. The molecule has 1 atom stereocenters. The van der Waals surface area contributed by atoms with Crippen molar-refractivity contribution in [2.75, 3.05) is 19.6 Å². The molecule has 2 saturated heterocycles. The Morgan fingerprint density at radius 2 is 2.39 bits per heavy atom. The minimum absolute atomic E-state index is 0.111. The lowest BCUT2D eigenvalue weighted by molar-refractivity contribution is -0.145. The zero-order valence-electron chi connectivity index (χ0n) is 10.6. The summed E-state index contributed by atoms with van der Waals surface area (Å²) >= 11 is 0. The van der Waals surface area contributed by atoms with Gasteiger partial charge in [-0.05, 0) is 37.4 Å². The smallest absolute Gasteiger partial charge is 0.230 e. The van der Waals surface area contributed by atoms with Gasteiger partial charge in [0.1, 0.15) is 0 Å². The van der Waals surface area contributed by atoms with Gasteiger partial charge in [0.15, 0.2) is 0 Å². The third kappa shape index (κ3) is 2.01. The molecule has 0 radical (unpaired) electrons. The van der Waals surface area contributed by atoms with Gasteiger partial charge in [0.05, 0.1) is 5.41 Å². The number of rotatable bonds is 2. The van der Waals surface area contributed by atoms with Crippen LogP contribution in [-0.2, 0) is 11.3 Å². The average molecular weight is 245 g/mol. The van der Waals surface area contributed by atoms with E-state index in [9.17, 15) is 4.79 Å². The van der Waals surface area contributed by atoms with Crippen molar-refractivity contribution in [3.8, 4) is 0 Å². The molecule has 0 aliphatic carbocycles. The monoisotopic (exact) mass is 245 g/mol. The van der Waals surface area contributed by atoms with Gasteiger partial charge in [-0.15, -0.1) is 0 Å². The van der Waals surface area contributed by atoms with E-state index in [-0.39, 0.29) is 5.41 Å². The third-order valence-corrected chi connectivity index (χ3v) is 4.16. The molecule has 1 spiro atoms. The number of nitrogens with one attached hydrogen (secondary N) is 1. The highest BCUT2D eigenvalue weighted by Crippen LogP contribution is 2.37. The lowest BCUT2D eigenvalue weighted by Crippen LogP contribution is -2.49. The molecule has 96 valence electrons. The number of carbonyl (C=O) groups excluding carboxylic acids is 1. The molecule has 18 heavy (non-hydrogen) atoms. The maximum atomic E-state index is 12.6. The molecule has 1 amide bonds. The summed E-state index contributed by atoms with van der Waals surface area (Å²) in [5, 5.41) is 3.34. The molecule has 1 aromatic rings. The predicted molar refractivity (Wildman–Crippen MR) is 68.8 cm³/mol. The van der Waals surface area contributed by atoms with Gasteiger partial charge < -0.3 is 10.2 Å². The fourth-order valence-electron chi connectivity index (χ4n) is 3.15. The van der Waals surface area contributed by atoms with E-state index in [1.54, 1.807) is 6.20 Å². The second kappa shape index (κ2) is 4.69. The normalized spacial score (nSPS) is 28.0. The Morgan fingerprint density at radius 1 is 1.44 bits per heavy atom. The summed E-state index contributed by atoms with van der Waals surface area (Å²) in [4.78, 5) is 18.7. The van der Waals surface area contributed by atoms with Gasteiger partial charge in [-0.25, -0.2) is 0 Å². The predicted octanol–water partition coefficient (Wildman–Crippen LogP) is 1.18. The van der Waals surface area contributed by atoms with Crippen molar-refractivity contribution in [1.29, 1.82) is 0 Å². The quantitative estimate of drug-likeness (QED) is 0.851. The second-order valence-corrected chi connectivity index (χ2v) is 5.40. The summed E-state index contributed by atoms with van der Waals surface area (Å²) in [6.07, 6.45) is 6.77. The van der Waals surface area contributed by atoms with Crippen LogP contribution in [0.5, 0.6) is 0 Å². The van der Waals surface area contributed by atoms with Crippen molar-refractivity contribution in [3.63, 3.8) is 0 Å². The van der Waals surface area contributed by atoms with E-state index in [0.717, 1.165) is 44.5 Å². The fourth-order valence-corrected chi connectivity index (χ4v) is 3.15. The number of piperidine rings is 1. The SMILES string of the molecule is O=C1N(Cc2cccnc2)CCC[C@@]12CCNC2. The highest BCUT2D eigenvalue weighted by molar-refractivity contribution is 5.84. The van der Waals surface area contributed by atoms with Crippen molar-refractivity contribution in [1.82, 2.24) is 15.2 Å². The van der Waals surface area contributed by atoms with Crippen molar-refractivity contribution < 1.29 is 4.79 Å². The molecular formula is C14H19N3O. The van der Waals surface area contributed by atoms with Crippen LogP contribution in [0.15, 0.2) is 24.5 Å². The first-order valence-electron chi connectivity index (χ1n) is 6.69. The molecule has 4 heteroatoms. The van der Waals surface area contributed by atoms with E-state index >= 15 is 0 Å². The van der Waals surface area contributed by atoms with E-state index in [1.807, 2.05) is 23.2 Å². The largest absolute Gasteiger partial charge is 0.338 e. The summed E-state index contributed by atoms with van der Waals surface area (Å²) in [5.41, 5.74) is 1.01. The Balaban J connectivity index is 1.75. The minimum atomic E-state index is -0.111. The zero-order valence-corrected chi connectivity index (χ0v) is 10.6. The molecule has 0 unspecified atom stereocenters. The van der Waals surface area contributed by atoms with Crippen molar-refractivity contribution in [3.05, 3.63) is 30.1 Å². The van der Waals surface area contributed by atoms with Crippen LogP contribution >= 0.6 is 0 Å². The summed E-state index contributed by atoms with van der Waals surface area (Å²) in [5.74, 6) is 0.336. The summed E-state index contributed by atoms with van der Waals surface area (Å²) in [6.45, 7) is 3.42. The summed E-state index contributed by atoms with van der Waals surface area (Å²) in [6, 6.07) is 3.96. The van der Waals surface area contributed by atoms with Crippen LogP contribution in [-0.4, -0.2) is 35.4 Å². The fraction of sp³-hybridized carbons (Fsp3) is 0.571. The third-order valence-electron chi connectivity index (χ3n) is 4.16. The minimum Gasteiger partial charge on any atom is -0.338 e. The molecule has 0 aromatic carbocycles. The molecule has 2 aliphatic heterocycles. The molecule has 0 saturated carbocycles. The van der Waals surface area contributed by atoms with E-state index in [1.165, 1.54) is 0 Å². The molecule has 2 fully saturated rings. The molecule has 3 rings (SSSR count). The molecule has 3 heterocycles. The lowest BCUT2D eigenvalue weighted by atomic mass is 9.78. The van der Waals surface area contributed by atoms with Crippen LogP contribution < -0.4 is 5.32 Å². The van der Waals surface area contributed by atoms with Crippen LogP contribution in [0.3, 0.4) is 0 Å². The number of hydrogen-bond donors (Lipinski definition) is 1. The van der Waals surface area contributed by atoms with Crippen LogP contribution in [0.2, 0.25) is 0 Å². The average Bonchev–Trinajstić information content (AvgIpc) is 2.86. The standard InChI is InChI=1S/C14H19N3O/c18-13-14(5-7-16-11-14)4-2-8-17(13)10-12-3-1-6-15-9-12/h1,3,6,9,16H,2,4-5,7-8,10-11H2/t14-/m0/s1. The maximum absolute atomic E-state index is 12.6. The number of pyridine rings is 1. The maximum Gasteiger partial charge on any atom is 0.230 e. The van der Waals surface area contributed by atoms with Crippen LogP contribution in [0.25, 0.3) is 0 Å². The van der Waals surface area contributed by atoms with Gasteiger partial charge in [-0.2, -0.15) is 0 Å². The van der Waals surface area contributed by atoms with Gasteiger partial charge in [0.2, 0.25) is 5.91 Å².